The Bertz CT molecular complexity index is 601. The first kappa shape index (κ1) is 23.3. The highest BCUT2D eigenvalue weighted by molar-refractivity contribution is 5.17. The average molecular weight is 392 g/mol. The topological polar surface area (TPSA) is 30.9 Å². The Balaban J connectivity index is 2.46. The molecule has 0 bridgehead atoms. The number of hydroxylamine groups is 2. The van der Waals surface area contributed by atoms with Crippen molar-refractivity contribution in [2.75, 3.05) is 13.2 Å². The third-order valence-corrected chi connectivity index (χ3v) is 6.96. The predicted molar refractivity (Wildman–Crippen MR) is 115 cm³/mol. The molecule has 0 aliphatic carbocycles. The van der Waals surface area contributed by atoms with Gasteiger partial charge >= 0.3 is 0 Å². The number of rotatable bonds is 9. The zero-order valence-electron chi connectivity index (χ0n) is 19.2. The van der Waals surface area contributed by atoms with Crippen LogP contribution in [0.3, 0.4) is 0 Å². The molecule has 4 atom stereocenters. The van der Waals surface area contributed by atoms with Gasteiger partial charge in [-0.15, -0.1) is 0 Å². The van der Waals surface area contributed by atoms with Crippen LogP contribution in [0.5, 0.6) is 0 Å². The van der Waals surface area contributed by atoms with Gasteiger partial charge in [0.2, 0.25) is 0 Å². The van der Waals surface area contributed by atoms with E-state index in [2.05, 4.69) is 84.7 Å². The number of piperidine rings is 1. The first-order chi connectivity index (χ1) is 13.2. The van der Waals surface area contributed by atoms with E-state index in [4.69, 9.17) is 14.3 Å². The summed E-state index contributed by atoms with van der Waals surface area (Å²) < 4.78 is 12.7. The molecule has 0 radical (unpaired) electrons. The van der Waals surface area contributed by atoms with Crippen LogP contribution in [0, 0.1) is 5.92 Å². The molecule has 28 heavy (non-hydrogen) atoms. The molecular weight excluding hydrogens is 350 g/mol. The highest BCUT2D eigenvalue weighted by Gasteiger charge is 2.61. The van der Waals surface area contributed by atoms with Crippen molar-refractivity contribution < 1.29 is 14.3 Å². The second-order valence-electron chi connectivity index (χ2n) is 8.59. The van der Waals surface area contributed by atoms with Crippen molar-refractivity contribution in [2.24, 2.45) is 5.92 Å². The fourth-order valence-electron chi connectivity index (χ4n) is 4.81. The molecule has 4 nitrogen and oxygen atoms in total. The lowest BCUT2D eigenvalue weighted by atomic mass is 9.67. The van der Waals surface area contributed by atoms with Gasteiger partial charge in [0.15, 0.2) is 5.79 Å². The predicted octanol–water partition coefficient (Wildman–Crippen LogP) is 6.13. The number of hydrogen-bond acceptors (Lipinski definition) is 4. The smallest absolute Gasteiger partial charge is 0.174 e. The van der Waals surface area contributed by atoms with Crippen molar-refractivity contribution in [3.8, 4) is 0 Å². The van der Waals surface area contributed by atoms with Crippen LogP contribution >= 0.6 is 0 Å². The summed E-state index contributed by atoms with van der Waals surface area (Å²) in [6.07, 6.45) is 2.68. The van der Waals surface area contributed by atoms with Crippen molar-refractivity contribution in [3.05, 3.63) is 35.9 Å². The summed E-state index contributed by atoms with van der Waals surface area (Å²) in [4.78, 5) is 6.73. The van der Waals surface area contributed by atoms with Gasteiger partial charge in [-0.05, 0) is 53.0 Å². The molecule has 0 amide bonds. The van der Waals surface area contributed by atoms with Crippen molar-refractivity contribution in [1.29, 1.82) is 0 Å². The first-order valence-electron chi connectivity index (χ1n) is 11.0. The second-order valence-corrected chi connectivity index (χ2v) is 8.59. The lowest BCUT2D eigenvalue weighted by molar-refractivity contribution is -0.395. The van der Waals surface area contributed by atoms with Crippen LogP contribution in [0.1, 0.15) is 86.3 Å². The van der Waals surface area contributed by atoms with Crippen LogP contribution in [0.15, 0.2) is 30.3 Å². The van der Waals surface area contributed by atoms with E-state index in [1.165, 1.54) is 5.56 Å². The van der Waals surface area contributed by atoms with E-state index in [0.29, 0.717) is 13.2 Å². The largest absolute Gasteiger partial charge is 0.350 e. The summed E-state index contributed by atoms with van der Waals surface area (Å²) in [7, 11) is 0. The van der Waals surface area contributed by atoms with E-state index in [9.17, 15) is 0 Å². The van der Waals surface area contributed by atoms with Crippen LogP contribution in [0.4, 0.5) is 0 Å². The molecule has 1 aromatic carbocycles. The normalized spacial score (nSPS) is 31.6. The fourth-order valence-corrected chi connectivity index (χ4v) is 4.81. The Morgan fingerprint density at radius 3 is 2.04 bits per heavy atom. The second kappa shape index (κ2) is 9.25. The van der Waals surface area contributed by atoms with Crippen LogP contribution in [-0.2, 0) is 14.3 Å². The Morgan fingerprint density at radius 2 is 1.57 bits per heavy atom. The molecule has 2 rings (SSSR count). The van der Waals surface area contributed by atoms with Crippen LogP contribution in [0.2, 0.25) is 0 Å². The number of ether oxygens (including phenoxy) is 2. The number of nitrogens with zero attached hydrogens (tertiary/aromatic N) is 1. The van der Waals surface area contributed by atoms with Gasteiger partial charge < -0.3 is 9.47 Å². The van der Waals surface area contributed by atoms with Gasteiger partial charge in [0.25, 0.3) is 0 Å². The maximum atomic E-state index is 6.73. The van der Waals surface area contributed by atoms with Crippen LogP contribution < -0.4 is 0 Å². The minimum Gasteiger partial charge on any atom is -0.350 e. The molecule has 160 valence electrons. The van der Waals surface area contributed by atoms with Gasteiger partial charge in [-0.3, -0.25) is 4.84 Å². The summed E-state index contributed by atoms with van der Waals surface area (Å²) in [6, 6.07) is 10.5. The average Bonchev–Trinajstić information content (AvgIpc) is 2.70. The molecule has 1 saturated heterocycles. The molecule has 4 heteroatoms. The van der Waals surface area contributed by atoms with Crippen LogP contribution in [-0.4, -0.2) is 35.1 Å². The quantitative estimate of drug-likeness (QED) is 0.474. The Morgan fingerprint density at radius 1 is 1.00 bits per heavy atom. The summed E-state index contributed by atoms with van der Waals surface area (Å²) in [5.41, 5.74) is 0.791. The minimum absolute atomic E-state index is 0.0168. The molecule has 0 saturated carbocycles. The first-order valence-corrected chi connectivity index (χ1v) is 11.0. The maximum Gasteiger partial charge on any atom is 0.174 e. The van der Waals surface area contributed by atoms with Gasteiger partial charge in [0.05, 0.1) is 5.54 Å². The molecule has 4 unspecified atom stereocenters. The summed E-state index contributed by atoms with van der Waals surface area (Å²) in [5, 5.41) is 2.29. The summed E-state index contributed by atoms with van der Waals surface area (Å²) in [5.74, 6) is -0.429. The Kier molecular flexibility index (Phi) is 7.71. The zero-order valence-corrected chi connectivity index (χ0v) is 19.2. The van der Waals surface area contributed by atoms with Crippen molar-refractivity contribution in [1.82, 2.24) is 5.06 Å². The highest BCUT2D eigenvalue weighted by Crippen LogP contribution is 2.53. The lowest BCUT2D eigenvalue weighted by Gasteiger charge is -2.63. The standard InChI is InChI=1S/C24H41NO3/c1-9-22(7)18-24(26-11-3,27-12-4)20(6)23(8,10-2)25(22)28-19(5)21-16-14-13-15-17-21/h13-17,19-20H,9-12,18H2,1-8H3. The van der Waals surface area contributed by atoms with E-state index in [1.807, 2.05) is 6.07 Å². The maximum absolute atomic E-state index is 6.73. The van der Waals surface area contributed by atoms with E-state index in [1.54, 1.807) is 0 Å². The van der Waals surface area contributed by atoms with Gasteiger partial charge in [0.1, 0.15) is 6.10 Å². The van der Waals surface area contributed by atoms with Gasteiger partial charge in [-0.1, -0.05) is 51.1 Å². The van der Waals surface area contributed by atoms with Gasteiger partial charge in [0, 0.05) is 31.1 Å². The van der Waals surface area contributed by atoms with Gasteiger partial charge in [-0.2, -0.15) is 5.06 Å². The molecular formula is C24H41NO3. The third kappa shape index (κ3) is 4.16. The molecule has 0 spiro atoms. The SMILES string of the molecule is CCOC1(OCC)CC(C)(CC)N(OC(C)c2ccccc2)C(C)(CC)C1C. The summed E-state index contributed by atoms with van der Waals surface area (Å²) >= 11 is 0. The van der Waals surface area contributed by atoms with Crippen molar-refractivity contribution >= 4 is 0 Å². The monoisotopic (exact) mass is 391 g/mol. The molecule has 1 fully saturated rings. The summed E-state index contributed by atoms with van der Waals surface area (Å²) in [6.45, 7) is 18.9. The van der Waals surface area contributed by atoms with Crippen LogP contribution in [0.25, 0.3) is 0 Å². The highest BCUT2D eigenvalue weighted by atomic mass is 16.7. The molecule has 0 N–H and O–H groups in total. The van der Waals surface area contributed by atoms with E-state index >= 15 is 0 Å². The van der Waals surface area contributed by atoms with E-state index < -0.39 is 5.79 Å². The van der Waals surface area contributed by atoms with E-state index in [0.717, 1.165) is 19.3 Å². The van der Waals surface area contributed by atoms with Gasteiger partial charge in [-0.25, -0.2) is 0 Å². The molecule has 1 aliphatic heterocycles. The number of hydrogen-bond donors (Lipinski definition) is 0. The molecule has 1 aliphatic rings. The minimum atomic E-state index is -0.588. The van der Waals surface area contributed by atoms with Crippen molar-refractivity contribution in [3.63, 3.8) is 0 Å². The Hall–Kier alpha value is -0.940. The lowest BCUT2D eigenvalue weighted by Crippen LogP contribution is -2.72. The fraction of sp³-hybridized carbons (Fsp3) is 0.750. The molecule has 1 heterocycles. The third-order valence-electron chi connectivity index (χ3n) is 6.96. The molecule has 0 aromatic heterocycles. The number of benzene rings is 1. The van der Waals surface area contributed by atoms with Crippen molar-refractivity contribution in [2.45, 2.75) is 97.6 Å². The zero-order chi connectivity index (χ0) is 21.0. The molecule has 1 aromatic rings. The van der Waals surface area contributed by atoms with E-state index in [-0.39, 0.29) is 23.1 Å². The Labute approximate surface area is 172 Å².